The number of phenolic OH excluding ortho intramolecular Hbond substituents is 1. The van der Waals surface area contributed by atoms with Gasteiger partial charge in [0.2, 0.25) is 0 Å². The van der Waals surface area contributed by atoms with Gasteiger partial charge in [-0.15, -0.1) is 6.58 Å². The molecule has 0 aliphatic carbocycles. The summed E-state index contributed by atoms with van der Waals surface area (Å²) in [5.74, 6) is 0.656. The van der Waals surface area contributed by atoms with E-state index in [1.165, 1.54) is 30.1 Å². The number of para-hydroxylation sites is 1. The molecule has 0 spiro atoms. The van der Waals surface area contributed by atoms with Crippen LogP contribution < -0.4 is 29.1 Å². The van der Waals surface area contributed by atoms with Crippen molar-refractivity contribution in [1.29, 1.82) is 0 Å². The number of fused-ring (bicyclic) bond motifs is 1. The Morgan fingerprint density at radius 1 is 1.18 bits per heavy atom. The quantitative estimate of drug-likeness (QED) is 0.296. The first kappa shape index (κ1) is 28.7. The van der Waals surface area contributed by atoms with Crippen LogP contribution in [0.5, 0.6) is 23.0 Å². The van der Waals surface area contributed by atoms with Crippen molar-refractivity contribution in [2.75, 3.05) is 27.4 Å². The van der Waals surface area contributed by atoms with Crippen LogP contribution in [0.25, 0.3) is 6.08 Å². The van der Waals surface area contributed by atoms with E-state index in [0.29, 0.717) is 56.2 Å². The lowest BCUT2D eigenvalue weighted by molar-refractivity contribution is -0.139. The highest BCUT2D eigenvalue weighted by Gasteiger charge is 2.36. The van der Waals surface area contributed by atoms with E-state index in [1.807, 2.05) is 6.92 Å². The van der Waals surface area contributed by atoms with Crippen molar-refractivity contribution in [3.8, 4) is 23.0 Å². The molecule has 0 amide bonds. The predicted molar refractivity (Wildman–Crippen MR) is 153 cm³/mol. The number of thiazole rings is 1. The number of aromatic hydroxyl groups is 1. The Morgan fingerprint density at radius 3 is 2.58 bits per heavy atom. The smallest absolute Gasteiger partial charge is 0.338 e. The van der Waals surface area contributed by atoms with Crippen LogP contribution in [0.15, 0.2) is 64.0 Å². The van der Waals surface area contributed by atoms with Gasteiger partial charge >= 0.3 is 5.97 Å². The fourth-order valence-corrected chi connectivity index (χ4v) is 5.73. The summed E-state index contributed by atoms with van der Waals surface area (Å²) < 4.78 is 24.1. The largest absolute Gasteiger partial charge is 0.504 e. The van der Waals surface area contributed by atoms with Gasteiger partial charge < -0.3 is 24.1 Å². The van der Waals surface area contributed by atoms with Crippen LogP contribution in [0.2, 0.25) is 0 Å². The molecule has 0 radical (unpaired) electrons. The zero-order valence-corrected chi connectivity index (χ0v) is 24.0. The second kappa shape index (κ2) is 12.3. The van der Waals surface area contributed by atoms with Crippen molar-refractivity contribution in [2.24, 2.45) is 4.99 Å². The van der Waals surface area contributed by atoms with Crippen molar-refractivity contribution >= 4 is 23.4 Å². The van der Waals surface area contributed by atoms with Crippen LogP contribution in [0, 0.1) is 0 Å². The van der Waals surface area contributed by atoms with Crippen molar-refractivity contribution < 1.29 is 28.8 Å². The third-order valence-electron chi connectivity index (χ3n) is 6.39. The van der Waals surface area contributed by atoms with E-state index in [2.05, 4.69) is 11.6 Å². The van der Waals surface area contributed by atoms with E-state index in [0.717, 1.165) is 0 Å². The lowest BCUT2D eigenvalue weighted by atomic mass is 9.94. The second-order valence-electron chi connectivity index (χ2n) is 8.84. The maximum Gasteiger partial charge on any atom is 0.338 e. The average Bonchev–Trinajstić information content (AvgIpc) is 3.24. The summed E-state index contributed by atoms with van der Waals surface area (Å²) in [6.45, 7) is 9.56. The van der Waals surface area contributed by atoms with Crippen molar-refractivity contribution in [3.63, 3.8) is 0 Å². The van der Waals surface area contributed by atoms with Gasteiger partial charge in [-0.2, -0.15) is 0 Å². The highest BCUT2D eigenvalue weighted by molar-refractivity contribution is 7.07. The summed E-state index contributed by atoms with van der Waals surface area (Å²) in [5, 5.41) is 10.5. The van der Waals surface area contributed by atoms with Crippen molar-refractivity contribution in [1.82, 2.24) is 4.57 Å². The van der Waals surface area contributed by atoms with E-state index >= 15 is 0 Å². The Balaban J connectivity index is 2.01. The summed E-state index contributed by atoms with van der Waals surface area (Å²) >= 11 is 1.20. The monoisotopic (exact) mass is 564 g/mol. The molecule has 40 heavy (non-hydrogen) atoms. The molecule has 1 atom stereocenters. The van der Waals surface area contributed by atoms with Gasteiger partial charge in [0.05, 0.1) is 43.2 Å². The van der Waals surface area contributed by atoms with Gasteiger partial charge in [0.1, 0.15) is 6.04 Å². The van der Waals surface area contributed by atoms with Gasteiger partial charge in [-0.3, -0.25) is 9.36 Å². The number of rotatable bonds is 10. The number of methoxy groups -OCH3 is 2. The molecular weight excluding hydrogens is 532 g/mol. The number of ether oxygens (including phenoxy) is 4. The number of carbonyl (C=O) groups is 1. The van der Waals surface area contributed by atoms with Crippen molar-refractivity contribution in [3.05, 3.63) is 90.6 Å². The molecule has 210 valence electrons. The van der Waals surface area contributed by atoms with Crippen LogP contribution in [0.3, 0.4) is 0 Å². The predicted octanol–water partition coefficient (Wildman–Crippen LogP) is 3.65. The molecule has 0 fully saturated rings. The highest BCUT2D eigenvalue weighted by Crippen LogP contribution is 2.41. The molecule has 1 N–H and O–H groups in total. The third-order valence-corrected chi connectivity index (χ3v) is 7.37. The number of benzene rings is 2. The molecule has 2 aromatic carbocycles. The zero-order chi connectivity index (χ0) is 29.0. The number of aromatic nitrogens is 1. The Labute approximate surface area is 235 Å². The van der Waals surface area contributed by atoms with E-state index in [-0.39, 0.29) is 29.2 Å². The fourth-order valence-electron chi connectivity index (χ4n) is 4.68. The Kier molecular flexibility index (Phi) is 8.79. The van der Waals surface area contributed by atoms with Gasteiger partial charge in [-0.05, 0) is 57.0 Å². The van der Waals surface area contributed by atoms with Gasteiger partial charge in [0, 0.05) is 11.1 Å². The van der Waals surface area contributed by atoms with E-state index in [4.69, 9.17) is 18.9 Å². The van der Waals surface area contributed by atoms with Crippen LogP contribution >= 0.6 is 11.3 Å². The van der Waals surface area contributed by atoms with Crippen LogP contribution in [-0.2, 0) is 16.0 Å². The lowest BCUT2D eigenvalue weighted by Crippen LogP contribution is -2.40. The zero-order valence-electron chi connectivity index (χ0n) is 23.1. The molecule has 2 heterocycles. The average molecular weight is 565 g/mol. The van der Waals surface area contributed by atoms with Crippen LogP contribution in [0.1, 0.15) is 43.5 Å². The number of carbonyl (C=O) groups excluding carboxylic acids is 1. The molecule has 0 saturated carbocycles. The summed E-state index contributed by atoms with van der Waals surface area (Å²) in [7, 11) is 3.00. The Morgan fingerprint density at radius 2 is 1.93 bits per heavy atom. The molecule has 1 aliphatic heterocycles. The molecular formula is C30H32N2O7S. The topological polar surface area (TPSA) is 109 Å². The number of nitrogens with zero attached hydrogens (tertiary/aromatic N) is 2. The first-order valence-corrected chi connectivity index (χ1v) is 13.6. The minimum atomic E-state index is -0.861. The first-order valence-electron chi connectivity index (χ1n) is 12.8. The lowest BCUT2D eigenvalue weighted by Gasteiger charge is -2.26. The molecule has 1 aliphatic rings. The molecule has 1 aromatic heterocycles. The van der Waals surface area contributed by atoms with Gasteiger partial charge in [-0.25, -0.2) is 9.79 Å². The van der Waals surface area contributed by atoms with Gasteiger partial charge in [-0.1, -0.05) is 29.5 Å². The van der Waals surface area contributed by atoms with Crippen LogP contribution in [0.4, 0.5) is 0 Å². The molecule has 0 unspecified atom stereocenters. The van der Waals surface area contributed by atoms with Gasteiger partial charge in [0.25, 0.3) is 5.56 Å². The fraction of sp³-hybridized carbons (Fsp3) is 0.300. The van der Waals surface area contributed by atoms with Crippen LogP contribution in [-0.4, -0.2) is 43.1 Å². The number of allylic oxidation sites excluding steroid dienone is 2. The van der Waals surface area contributed by atoms with E-state index in [9.17, 15) is 14.7 Å². The summed E-state index contributed by atoms with van der Waals surface area (Å²) in [6, 6.07) is 7.92. The minimum Gasteiger partial charge on any atom is -0.504 e. The Hall–Kier alpha value is -4.31. The number of esters is 1. The van der Waals surface area contributed by atoms with E-state index in [1.54, 1.807) is 56.3 Å². The second-order valence-corrected chi connectivity index (χ2v) is 9.85. The highest BCUT2D eigenvalue weighted by atomic mass is 32.1. The SMILES string of the molecule is C=CCc1cc(C=c2sc3n(c2=O)[C@H](c2cccc(OC)c2OCC)C(C(=O)OCC)=C(C)N=3)cc(OC)c1O. The molecule has 0 saturated heterocycles. The number of hydrogen-bond acceptors (Lipinski definition) is 9. The summed E-state index contributed by atoms with van der Waals surface area (Å²) in [4.78, 5) is 32.3. The standard InChI is InChI=1S/C30H32N2O7S/c1-7-11-19-14-18(15-22(37-6)26(19)33)16-23-28(34)32-25(20-12-10-13-21(36-5)27(20)38-8-2)24(29(35)39-9-3)17(4)31-30(32)40-23/h7,10,12-16,25,33H,1,8-9,11H2,2-6H3/t25-/m1/s1. The molecule has 4 rings (SSSR count). The Bertz CT molecular complexity index is 1670. The van der Waals surface area contributed by atoms with E-state index < -0.39 is 12.0 Å². The number of hydrogen-bond donors (Lipinski definition) is 1. The molecule has 0 bridgehead atoms. The normalized spacial score (nSPS) is 14.8. The maximum absolute atomic E-state index is 14.0. The van der Waals surface area contributed by atoms with Gasteiger partial charge in [0.15, 0.2) is 27.8 Å². The number of phenols is 1. The summed E-state index contributed by atoms with van der Waals surface area (Å²) in [6.07, 6.45) is 3.81. The van der Waals surface area contributed by atoms with Crippen molar-refractivity contribution in [2.45, 2.75) is 33.2 Å². The third kappa shape index (κ3) is 5.27. The summed E-state index contributed by atoms with van der Waals surface area (Å²) in [5.41, 5.74) is 2.20. The minimum absolute atomic E-state index is 0.0252. The molecule has 3 aromatic rings. The maximum atomic E-state index is 14.0. The molecule has 10 heteroatoms. The first-order chi connectivity index (χ1) is 19.3. The molecule has 9 nitrogen and oxygen atoms in total.